The first-order valence-electron chi connectivity index (χ1n) is 13.0. The van der Waals surface area contributed by atoms with Gasteiger partial charge in [-0.1, -0.05) is 78.9 Å². The zero-order valence-corrected chi connectivity index (χ0v) is 23.0. The van der Waals surface area contributed by atoms with Gasteiger partial charge >= 0.3 is 0 Å². The molecule has 0 unspecified atom stereocenters. The summed E-state index contributed by atoms with van der Waals surface area (Å²) in [5.74, 6) is 1.56. The molecule has 0 fully saturated rings. The van der Waals surface area contributed by atoms with Crippen LogP contribution in [0, 0.1) is 6.92 Å². The van der Waals surface area contributed by atoms with Crippen molar-refractivity contribution in [3.8, 4) is 39.3 Å². The Bertz CT molecular complexity index is 1860. The van der Waals surface area contributed by atoms with Crippen LogP contribution < -0.4 is 16.0 Å². The van der Waals surface area contributed by atoms with E-state index in [0.717, 1.165) is 49.9 Å². The fourth-order valence-electron chi connectivity index (χ4n) is 4.90. The molecule has 6 nitrogen and oxygen atoms in total. The number of ether oxygens (including phenoxy) is 1. The summed E-state index contributed by atoms with van der Waals surface area (Å²) in [4.78, 5) is 20.0. The van der Waals surface area contributed by atoms with Crippen LogP contribution in [-0.2, 0) is 5.75 Å². The number of hydrogen-bond acceptors (Lipinski definition) is 5. The quantitative estimate of drug-likeness (QED) is 0.164. The summed E-state index contributed by atoms with van der Waals surface area (Å²) in [7, 11) is 1.66. The van der Waals surface area contributed by atoms with Crippen molar-refractivity contribution in [2.45, 2.75) is 17.6 Å². The lowest BCUT2D eigenvalue weighted by molar-refractivity contribution is 0.414. The summed E-state index contributed by atoms with van der Waals surface area (Å²) in [6.07, 6.45) is 0. The number of nitrogens with two attached hydrogens (primary N) is 1. The number of nitrogens with zero attached hydrogens (tertiary/aromatic N) is 2. The molecule has 2 aromatic heterocycles. The number of nitrogen functional groups attached to an aromatic ring is 1. The van der Waals surface area contributed by atoms with Gasteiger partial charge in [0.25, 0.3) is 5.56 Å². The van der Waals surface area contributed by atoms with Gasteiger partial charge in [0.1, 0.15) is 5.75 Å². The molecule has 40 heavy (non-hydrogen) atoms. The number of aryl methyl sites for hydroxylation is 1. The Morgan fingerprint density at radius 1 is 0.850 bits per heavy atom. The predicted octanol–water partition coefficient (Wildman–Crippen LogP) is 7.22. The van der Waals surface area contributed by atoms with E-state index in [9.17, 15) is 4.79 Å². The van der Waals surface area contributed by atoms with Crippen molar-refractivity contribution in [1.29, 1.82) is 0 Å². The van der Waals surface area contributed by atoms with E-state index in [1.54, 1.807) is 23.4 Å². The third-order valence-corrected chi connectivity index (χ3v) is 8.08. The van der Waals surface area contributed by atoms with E-state index < -0.39 is 0 Å². The fourth-order valence-corrected chi connectivity index (χ4v) is 5.86. The standard InChI is InChI=1S/C33H28N4O2S/c1-21-29(25-15-18-27(34)28(19-25)40-20-22-13-16-26(39-2)17-14-22)33(38)37-32(35-21)30(23-9-5-3-6-10-23)31(36-37)24-11-7-4-8-12-24/h3-19,36H,20,34H2,1-2H3. The number of nitrogens with one attached hydrogen (secondary N) is 1. The Morgan fingerprint density at radius 2 is 1.52 bits per heavy atom. The molecule has 7 heteroatoms. The summed E-state index contributed by atoms with van der Waals surface area (Å²) in [5, 5.41) is 3.37. The van der Waals surface area contributed by atoms with Crippen molar-refractivity contribution >= 4 is 23.1 Å². The van der Waals surface area contributed by atoms with Crippen molar-refractivity contribution in [2.75, 3.05) is 12.8 Å². The zero-order valence-electron chi connectivity index (χ0n) is 22.2. The van der Waals surface area contributed by atoms with Crippen LogP contribution in [0.15, 0.2) is 113 Å². The number of hydrogen-bond donors (Lipinski definition) is 2. The molecule has 0 amide bonds. The first-order chi connectivity index (χ1) is 19.5. The number of fused-ring (bicyclic) bond motifs is 1. The largest absolute Gasteiger partial charge is 0.497 e. The van der Waals surface area contributed by atoms with E-state index in [4.69, 9.17) is 15.5 Å². The number of H-pyrrole nitrogens is 1. The first kappa shape index (κ1) is 25.5. The van der Waals surface area contributed by atoms with Crippen LogP contribution in [0.1, 0.15) is 11.3 Å². The maximum Gasteiger partial charge on any atom is 0.280 e. The molecule has 0 spiro atoms. The van der Waals surface area contributed by atoms with Crippen molar-refractivity contribution in [2.24, 2.45) is 0 Å². The highest BCUT2D eigenvalue weighted by Gasteiger charge is 2.21. The van der Waals surface area contributed by atoms with E-state index >= 15 is 0 Å². The minimum Gasteiger partial charge on any atom is -0.497 e. The second-order valence-electron chi connectivity index (χ2n) is 9.52. The van der Waals surface area contributed by atoms with Crippen LogP contribution >= 0.6 is 11.8 Å². The van der Waals surface area contributed by atoms with Crippen molar-refractivity contribution < 1.29 is 4.74 Å². The molecule has 6 aromatic rings. The highest BCUT2D eigenvalue weighted by Crippen LogP contribution is 2.36. The lowest BCUT2D eigenvalue weighted by Crippen LogP contribution is -2.19. The number of aromatic amines is 1. The average molecular weight is 545 g/mol. The van der Waals surface area contributed by atoms with Gasteiger partial charge in [-0.15, -0.1) is 11.8 Å². The molecule has 198 valence electrons. The molecule has 2 heterocycles. The number of aromatic nitrogens is 3. The number of rotatable bonds is 7. The molecule has 4 aromatic carbocycles. The summed E-state index contributed by atoms with van der Waals surface area (Å²) >= 11 is 1.64. The van der Waals surface area contributed by atoms with Crippen LogP contribution in [-0.4, -0.2) is 21.7 Å². The summed E-state index contributed by atoms with van der Waals surface area (Å²) in [6.45, 7) is 1.89. The number of thioether (sulfide) groups is 1. The van der Waals surface area contributed by atoms with Crippen molar-refractivity contribution in [1.82, 2.24) is 14.6 Å². The number of methoxy groups -OCH3 is 1. The van der Waals surface area contributed by atoms with Crippen LogP contribution in [0.25, 0.3) is 39.2 Å². The molecule has 6 rings (SSSR count). The van der Waals surface area contributed by atoms with Gasteiger partial charge in [-0.05, 0) is 47.9 Å². The monoisotopic (exact) mass is 544 g/mol. The van der Waals surface area contributed by atoms with Gasteiger partial charge < -0.3 is 10.5 Å². The molecule has 0 aliphatic carbocycles. The Morgan fingerprint density at radius 3 is 2.20 bits per heavy atom. The molecule has 0 radical (unpaired) electrons. The minimum atomic E-state index is -0.155. The normalized spacial score (nSPS) is 11.2. The van der Waals surface area contributed by atoms with Gasteiger partial charge in [0.05, 0.1) is 29.6 Å². The molecule has 0 saturated carbocycles. The molecule has 0 aliphatic rings. The van der Waals surface area contributed by atoms with Crippen LogP contribution in [0.3, 0.4) is 0 Å². The molecule has 0 aliphatic heterocycles. The average Bonchev–Trinajstić information content (AvgIpc) is 3.38. The Hall–Kier alpha value is -4.75. The molecular formula is C33H28N4O2S. The van der Waals surface area contributed by atoms with E-state index in [-0.39, 0.29) is 5.56 Å². The van der Waals surface area contributed by atoms with E-state index in [1.165, 1.54) is 0 Å². The number of benzene rings is 4. The minimum absolute atomic E-state index is 0.155. The van der Waals surface area contributed by atoms with Crippen LogP contribution in [0.4, 0.5) is 5.69 Å². The Balaban J connectivity index is 1.45. The van der Waals surface area contributed by atoms with Gasteiger partial charge in [0.2, 0.25) is 0 Å². The zero-order chi connectivity index (χ0) is 27.6. The first-order valence-corrected chi connectivity index (χ1v) is 13.9. The molecule has 0 bridgehead atoms. The van der Waals surface area contributed by atoms with Gasteiger partial charge in [0, 0.05) is 21.9 Å². The second kappa shape index (κ2) is 10.8. The van der Waals surface area contributed by atoms with E-state index in [0.29, 0.717) is 22.6 Å². The molecule has 0 saturated heterocycles. The van der Waals surface area contributed by atoms with Crippen LogP contribution in [0.5, 0.6) is 5.75 Å². The van der Waals surface area contributed by atoms with E-state index in [2.05, 4.69) is 5.10 Å². The second-order valence-corrected chi connectivity index (χ2v) is 10.5. The Kier molecular flexibility index (Phi) is 6.88. The lowest BCUT2D eigenvalue weighted by Gasteiger charge is -2.11. The highest BCUT2D eigenvalue weighted by atomic mass is 32.2. The topological polar surface area (TPSA) is 85.4 Å². The lowest BCUT2D eigenvalue weighted by atomic mass is 10.0. The fraction of sp³-hybridized carbons (Fsp3) is 0.0909. The summed E-state index contributed by atoms with van der Waals surface area (Å²) in [5.41, 5.74) is 14.3. The van der Waals surface area contributed by atoms with Gasteiger partial charge in [-0.2, -0.15) is 4.52 Å². The smallest absolute Gasteiger partial charge is 0.280 e. The van der Waals surface area contributed by atoms with E-state index in [1.807, 2.05) is 110 Å². The summed E-state index contributed by atoms with van der Waals surface area (Å²) in [6, 6.07) is 33.8. The van der Waals surface area contributed by atoms with Gasteiger partial charge in [0.15, 0.2) is 5.65 Å². The molecule has 0 atom stereocenters. The highest BCUT2D eigenvalue weighted by molar-refractivity contribution is 7.98. The van der Waals surface area contributed by atoms with Crippen LogP contribution in [0.2, 0.25) is 0 Å². The maximum atomic E-state index is 14.1. The Labute approximate surface area is 236 Å². The van der Waals surface area contributed by atoms with Gasteiger partial charge in [-0.25, -0.2) is 4.98 Å². The predicted molar refractivity (Wildman–Crippen MR) is 164 cm³/mol. The molecular weight excluding hydrogens is 516 g/mol. The number of anilines is 1. The van der Waals surface area contributed by atoms with Crippen molar-refractivity contribution in [3.63, 3.8) is 0 Å². The third-order valence-electron chi connectivity index (χ3n) is 6.94. The SMILES string of the molecule is COc1ccc(CSc2cc(-c3c(C)nc4c(-c5ccccc5)c(-c5ccccc5)[nH]n4c3=O)ccc2N)cc1. The maximum absolute atomic E-state index is 14.1. The molecule has 3 N–H and O–H groups in total. The third kappa shape index (κ3) is 4.76. The van der Waals surface area contributed by atoms with Crippen molar-refractivity contribution in [3.05, 3.63) is 125 Å². The summed E-state index contributed by atoms with van der Waals surface area (Å²) < 4.78 is 6.82. The van der Waals surface area contributed by atoms with Gasteiger partial charge in [-0.3, -0.25) is 9.89 Å².